The van der Waals surface area contributed by atoms with Crippen LogP contribution in [0.25, 0.3) is 0 Å². The number of ether oxygens (including phenoxy) is 2. The number of piperidine rings is 1. The molecule has 2 atom stereocenters. The van der Waals surface area contributed by atoms with E-state index in [-0.39, 0.29) is 12.2 Å². The van der Waals surface area contributed by atoms with Gasteiger partial charge in [-0.15, -0.1) is 0 Å². The summed E-state index contributed by atoms with van der Waals surface area (Å²) >= 11 is 0. The minimum absolute atomic E-state index is 0.0992. The number of hydrogen-bond donors (Lipinski definition) is 0. The normalized spacial score (nSPS) is 26.3. The molecular formula is C16H26N4O2. The first-order valence-electron chi connectivity index (χ1n) is 8.22. The third-order valence-corrected chi connectivity index (χ3v) is 4.32. The van der Waals surface area contributed by atoms with Crippen LogP contribution in [-0.2, 0) is 9.47 Å². The Morgan fingerprint density at radius 1 is 1.14 bits per heavy atom. The van der Waals surface area contributed by atoms with E-state index in [2.05, 4.69) is 32.8 Å². The van der Waals surface area contributed by atoms with Crippen molar-refractivity contribution in [3.8, 4) is 0 Å². The number of morpholine rings is 1. The van der Waals surface area contributed by atoms with E-state index in [4.69, 9.17) is 9.47 Å². The molecule has 2 fully saturated rings. The highest BCUT2D eigenvalue weighted by atomic mass is 16.5. The molecule has 1 aromatic rings. The molecular weight excluding hydrogens is 280 g/mol. The van der Waals surface area contributed by atoms with Gasteiger partial charge >= 0.3 is 0 Å². The van der Waals surface area contributed by atoms with Gasteiger partial charge in [-0.25, -0.2) is 9.97 Å². The molecule has 122 valence electrons. The molecule has 2 aliphatic rings. The van der Waals surface area contributed by atoms with E-state index in [1.54, 1.807) is 13.4 Å². The quantitative estimate of drug-likeness (QED) is 0.844. The molecule has 22 heavy (non-hydrogen) atoms. The van der Waals surface area contributed by atoms with Crippen LogP contribution >= 0.6 is 0 Å². The van der Waals surface area contributed by atoms with Crippen LogP contribution < -0.4 is 9.80 Å². The van der Waals surface area contributed by atoms with Crippen molar-refractivity contribution < 1.29 is 9.47 Å². The molecule has 0 bridgehead atoms. The Kier molecular flexibility index (Phi) is 5.10. The summed E-state index contributed by atoms with van der Waals surface area (Å²) in [5.41, 5.74) is 0. The Morgan fingerprint density at radius 3 is 2.59 bits per heavy atom. The second-order valence-corrected chi connectivity index (χ2v) is 6.21. The monoisotopic (exact) mass is 306 g/mol. The van der Waals surface area contributed by atoms with Gasteiger partial charge in [0.1, 0.15) is 18.0 Å². The summed E-state index contributed by atoms with van der Waals surface area (Å²) in [5, 5.41) is 0. The number of rotatable bonds is 4. The van der Waals surface area contributed by atoms with Crippen LogP contribution in [0.5, 0.6) is 0 Å². The van der Waals surface area contributed by atoms with Gasteiger partial charge in [0.2, 0.25) is 0 Å². The van der Waals surface area contributed by atoms with Crippen molar-refractivity contribution in [3.63, 3.8) is 0 Å². The lowest BCUT2D eigenvalue weighted by Crippen LogP contribution is -2.48. The summed E-state index contributed by atoms with van der Waals surface area (Å²) in [5.74, 6) is 2.04. The Balaban J connectivity index is 1.73. The fourth-order valence-electron chi connectivity index (χ4n) is 3.32. The van der Waals surface area contributed by atoms with Crippen molar-refractivity contribution in [2.24, 2.45) is 0 Å². The van der Waals surface area contributed by atoms with Gasteiger partial charge in [-0.05, 0) is 26.2 Å². The Morgan fingerprint density at radius 2 is 1.86 bits per heavy atom. The van der Waals surface area contributed by atoms with Crippen LogP contribution in [0, 0.1) is 0 Å². The number of methoxy groups -OCH3 is 1. The van der Waals surface area contributed by atoms with E-state index in [1.165, 1.54) is 19.3 Å². The summed E-state index contributed by atoms with van der Waals surface area (Å²) in [4.78, 5) is 13.6. The molecule has 6 nitrogen and oxygen atoms in total. The second-order valence-electron chi connectivity index (χ2n) is 6.21. The summed E-state index contributed by atoms with van der Waals surface area (Å²) in [6.45, 7) is 6.59. The van der Waals surface area contributed by atoms with Gasteiger partial charge in [-0.3, -0.25) is 0 Å². The maximum atomic E-state index is 5.90. The largest absolute Gasteiger partial charge is 0.382 e. The van der Waals surface area contributed by atoms with Gasteiger partial charge in [0, 0.05) is 39.4 Å². The Labute approximate surface area is 132 Å². The minimum atomic E-state index is 0.0992. The standard InChI is InChI=1S/C16H26N4O2/c1-13-9-20(10-14(22-13)11-21-2)16-8-15(17-12-18-16)19-6-4-3-5-7-19/h8,12-14H,3-7,9-11H2,1-2H3. The molecule has 0 radical (unpaired) electrons. The van der Waals surface area contributed by atoms with Crippen molar-refractivity contribution in [2.45, 2.75) is 38.4 Å². The zero-order chi connectivity index (χ0) is 15.4. The van der Waals surface area contributed by atoms with Crippen molar-refractivity contribution in [1.29, 1.82) is 0 Å². The first kappa shape index (κ1) is 15.5. The molecule has 2 saturated heterocycles. The van der Waals surface area contributed by atoms with Crippen LogP contribution in [0.4, 0.5) is 11.6 Å². The lowest BCUT2D eigenvalue weighted by atomic mass is 10.1. The Hall–Kier alpha value is -1.40. The van der Waals surface area contributed by atoms with E-state index in [9.17, 15) is 0 Å². The number of hydrogen-bond acceptors (Lipinski definition) is 6. The third kappa shape index (κ3) is 3.67. The molecule has 0 aliphatic carbocycles. The van der Waals surface area contributed by atoms with Gasteiger partial charge in [-0.2, -0.15) is 0 Å². The summed E-state index contributed by atoms with van der Waals surface area (Å²) in [7, 11) is 1.71. The van der Waals surface area contributed by atoms with Gasteiger partial charge in [0.15, 0.2) is 0 Å². The van der Waals surface area contributed by atoms with Crippen molar-refractivity contribution in [3.05, 3.63) is 12.4 Å². The van der Waals surface area contributed by atoms with E-state index in [1.807, 2.05) is 0 Å². The lowest BCUT2D eigenvalue weighted by Gasteiger charge is -2.37. The van der Waals surface area contributed by atoms with E-state index in [0.717, 1.165) is 37.8 Å². The molecule has 6 heteroatoms. The predicted octanol–water partition coefficient (Wildman–Crippen LogP) is 1.71. The summed E-state index contributed by atoms with van der Waals surface area (Å²) < 4.78 is 11.1. The second kappa shape index (κ2) is 7.24. The number of nitrogens with zero attached hydrogens (tertiary/aromatic N) is 4. The minimum Gasteiger partial charge on any atom is -0.382 e. The topological polar surface area (TPSA) is 50.7 Å². The first-order valence-corrected chi connectivity index (χ1v) is 8.22. The van der Waals surface area contributed by atoms with Gasteiger partial charge in [0.05, 0.1) is 18.8 Å². The van der Waals surface area contributed by atoms with E-state index < -0.39 is 0 Å². The molecule has 2 aliphatic heterocycles. The maximum absolute atomic E-state index is 5.90. The highest BCUT2D eigenvalue weighted by Crippen LogP contribution is 2.23. The maximum Gasteiger partial charge on any atom is 0.134 e. The van der Waals surface area contributed by atoms with Gasteiger partial charge in [-0.1, -0.05) is 0 Å². The molecule has 3 heterocycles. The van der Waals surface area contributed by atoms with Crippen LogP contribution in [0.2, 0.25) is 0 Å². The van der Waals surface area contributed by atoms with Crippen LogP contribution in [0.15, 0.2) is 12.4 Å². The highest BCUT2D eigenvalue weighted by Gasteiger charge is 2.26. The SMILES string of the molecule is COCC1CN(c2cc(N3CCCCC3)ncn2)CC(C)O1. The molecule has 0 saturated carbocycles. The molecule has 0 spiro atoms. The molecule has 1 aromatic heterocycles. The average Bonchev–Trinajstić information content (AvgIpc) is 2.56. The molecule has 0 N–H and O–H groups in total. The van der Waals surface area contributed by atoms with Crippen LogP contribution in [0.3, 0.4) is 0 Å². The smallest absolute Gasteiger partial charge is 0.134 e. The van der Waals surface area contributed by atoms with Crippen molar-refractivity contribution >= 4 is 11.6 Å². The van der Waals surface area contributed by atoms with E-state index >= 15 is 0 Å². The fourth-order valence-corrected chi connectivity index (χ4v) is 3.32. The molecule has 2 unspecified atom stereocenters. The fraction of sp³-hybridized carbons (Fsp3) is 0.750. The van der Waals surface area contributed by atoms with Gasteiger partial charge in [0.25, 0.3) is 0 Å². The Bertz CT molecular complexity index is 479. The third-order valence-electron chi connectivity index (χ3n) is 4.32. The number of aromatic nitrogens is 2. The molecule has 0 aromatic carbocycles. The molecule has 0 amide bonds. The van der Waals surface area contributed by atoms with Crippen molar-refractivity contribution in [2.75, 3.05) is 49.7 Å². The molecule has 3 rings (SSSR count). The zero-order valence-corrected chi connectivity index (χ0v) is 13.6. The lowest BCUT2D eigenvalue weighted by molar-refractivity contribution is -0.0512. The highest BCUT2D eigenvalue weighted by molar-refractivity contribution is 5.50. The summed E-state index contributed by atoms with van der Waals surface area (Å²) in [6, 6.07) is 2.12. The van der Waals surface area contributed by atoms with Crippen molar-refractivity contribution in [1.82, 2.24) is 9.97 Å². The predicted molar refractivity (Wildman–Crippen MR) is 86.5 cm³/mol. The first-order chi connectivity index (χ1) is 10.8. The van der Waals surface area contributed by atoms with E-state index in [0.29, 0.717) is 6.61 Å². The van der Waals surface area contributed by atoms with Crippen LogP contribution in [0.1, 0.15) is 26.2 Å². The van der Waals surface area contributed by atoms with Crippen LogP contribution in [-0.4, -0.2) is 62.1 Å². The summed E-state index contributed by atoms with van der Waals surface area (Å²) in [6.07, 6.45) is 5.80. The number of anilines is 2. The zero-order valence-electron chi connectivity index (χ0n) is 13.6. The van der Waals surface area contributed by atoms with Gasteiger partial charge < -0.3 is 19.3 Å². The average molecular weight is 306 g/mol.